The molecule has 1 aliphatic carbocycles. The van der Waals surface area contributed by atoms with Gasteiger partial charge in [-0.15, -0.1) is 0 Å². The summed E-state index contributed by atoms with van der Waals surface area (Å²) in [6.45, 7) is 0. The van der Waals surface area contributed by atoms with Crippen molar-refractivity contribution in [3.05, 3.63) is 35.4 Å². The Morgan fingerprint density at radius 1 is 0.941 bits per heavy atom. The fraction of sp³-hybridized carbons (Fsp3) is 0.538. The predicted molar refractivity (Wildman–Crippen MR) is 59.5 cm³/mol. The SMILES string of the molecule is [NH]C1CCC(c2ccc(C(F)(F)F)cc2)CC1. The monoisotopic (exact) mass is 242 g/mol. The number of hydrogen-bond donors (Lipinski definition) is 0. The average molecular weight is 242 g/mol. The van der Waals surface area contributed by atoms with E-state index in [4.69, 9.17) is 5.73 Å². The molecule has 0 heterocycles. The molecule has 1 N–H and O–H groups in total. The van der Waals surface area contributed by atoms with Crippen molar-refractivity contribution in [1.82, 2.24) is 5.73 Å². The first-order valence-electron chi connectivity index (χ1n) is 5.85. The summed E-state index contributed by atoms with van der Waals surface area (Å²) < 4.78 is 37.2. The molecule has 1 fully saturated rings. The van der Waals surface area contributed by atoms with E-state index in [-0.39, 0.29) is 6.04 Å². The molecule has 0 spiro atoms. The Balaban J connectivity index is 2.08. The Morgan fingerprint density at radius 3 is 1.94 bits per heavy atom. The average Bonchev–Trinajstić information content (AvgIpc) is 2.29. The smallest absolute Gasteiger partial charge is 0.255 e. The first kappa shape index (κ1) is 12.4. The highest BCUT2D eigenvalue weighted by molar-refractivity contribution is 5.27. The second kappa shape index (κ2) is 4.69. The number of alkyl halides is 3. The fourth-order valence-corrected chi connectivity index (χ4v) is 2.37. The predicted octanol–water partition coefficient (Wildman–Crippen LogP) is 4.01. The molecule has 17 heavy (non-hydrogen) atoms. The van der Waals surface area contributed by atoms with Crippen LogP contribution in [0.15, 0.2) is 24.3 Å². The largest absolute Gasteiger partial charge is 0.416 e. The molecule has 0 atom stereocenters. The highest BCUT2D eigenvalue weighted by atomic mass is 19.4. The molecule has 0 amide bonds. The van der Waals surface area contributed by atoms with Gasteiger partial charge in [-0.1, -0.05) is 12.1 Å². The lowest BCUT2D eigenvalue weighted by atomic mass is 9.82. The minimum Gasteiger partial charge on any atom is -0.255 e. The lowest BCUT2D eigenvalue weighted by Crippen LogP contribution is -2.18. The minimum absolute atomic E-state index is 0.0145. The van der Waals surface area contributed by atoms with E-state index in [1.54, 1.807) is 12.1 Å². The van der Waals surface area contributed by atoms with Crippen molar-refractivity contribution in [2.24, 2.45) is 0 Å². The molecule has 0 bridgehead atoms. The van der Waals surface area contributed by atoms with E-state index in [0.717, 1.165) is 43.4 Å². The van der Waals surface area contributed by atoms with Crippen molar-refractivity contribution in [3.8, 4) is 0 Å². The minimum atomic E-state index is -4.25. The van der Waals surface area contributed by atoms with Crippen molar-refractivity contribution in [2.45, 2.75) is 43.8 Å². The topological polar surface area (TPSA) is 23.8 Å². The summed E-state index contributed by atoms with van der Waals surface area (Å²) in [6.07, 6.45) is -0.714. The molecule has 1 nitrogen and oxygen atoms in total. The van der Waals surface area contributed by atoms with Gasteiger partial charge in [-0.3, -0.25) is 5.73 Å². The van der Waals surface area contributed by atoms with Crippen LogP contribution in [0.5, 0.6) is 0 Å². The van der Waals surface area contributed by atoms with Crippen LogP contribution in [-0.4, -0.2) is 6.04 Å². The van der Waals surface area contributed by atoms with Crippen LogP contribution in [0.3, 0.4) is 0 Å². The zero-order chi connectivity index (χ0) is 12.5. The summed E-state index contributed by atoms with van der Waals surface area (Å²) in [5, 5.41) is 0. The van der Waals surface area contributed by atoms with E-state index in [1.807, 2.05) is 0 Å². The summed E-state index contributed by atoms with van der Waals surface area (Å²) >= 11 is 0. The third-order valence-corrected chi connectivity index (χ3v) is 3.44. The Labute approximate surface area is 98.8 Å². The van der Waals surface area contributed by atoms with Crippen LogP contribution in [-0.2, 0) is 6.18 Å². The number of hydrogen-bond acceptors (Lipinski definition) is 0. The molecular formula is C13H15F3N. The summed E-state index contributed by atoms with van der Waals surface area (Å²) in [5.41, 5.74) is 7.98. The van der Waals surface area contributed by atoms with E-state index in [1.165, 1.54) is 0 Å². The molecule has 0 saturated heterocycles. The second-order valence-corrected chi connectivity index (χ2v) is 4.67. The Bertz CT molecular complexity index is 361. The van der Waals surface area contributed by atoms with Gasteiger partial charge in [0.1, 0.15) is 0 Å². The van der Waals surface area contributed by atoms with Crippen LogP contribution in [0, 0.1) is 0 Å². The number of halogens is 3. The molecule has 1 aromatic rings. The molecular weight excluding hydrogens is 227 g/mol. The zero-order valence-corrected chi connectivity index (χ0v) is 9.43. The molecule has 93 valence electrons. The standard InChI is InChI=1S/C13H15F3N/c14-13(15,16)11-5-1-9(2-6-11)10-3-7-12(17)8-4-10/h1-2,5-6,10,12,17H,3-4,7-8H2. The van der Waals surface area contributed by atoms with Gasteiger partial charge in [0.2, 0.25) is 0 Å². The van der Waals surface area contributed by atoms with E-state index < -0.39 is 11.7 Å². The van der Waals surface area contributed by atoms with Crippen molar-refractivity contribution >= 4 is 0 Å². The van der Waals surface area contributed by atoms with Gasteiger partial charge in [-0.2, -0.15) is 13.2 Å². The van der Waals surface area contributed by atoms with Gasteiger partial charge in [0.05, 0.1) is 5.56 Å². The van der Waals surface area contributed by atoms with Crippen molar-refractivity contribution < 1.29 is 13.2 Å². The van der Waals surface area contributed by atoms with Crippen LogP contribution in [0.1, 0.15) is 42.7 Å². The van der Waals surface area contributed by atoms with Crippen LogP contribution < -0.4 is 5.73 Å². The van der Waals surface area contributed by atoms with Gasteiger partial charge in [0, 0.05) is 6.04 Å². The fourth-order valence-electron chi connectivity index (χ4n) is 2.37. The maximum absolute atomic E-state index is 12.4. The molecule has 1 saturated carbocycles. The third kappa shape index (κ3) is 3.00. The summed E-state index contributed by atoms with van der Waals surface area (Å²) in [7, 11) is 0. The lowest BCUT2D eigenvalue weighted by Gasteiger charge is -2.26. The molecule has 1 radical (unpaired) electrons. The maximum Gasteiger partial charge on any atom is 0.416 e. The van der Waals surface area contributed by atoms with E-state index in [0.29, 0.717) is 5.92 Å². The van der Waals surface area contributed by atoms with E-state index >= 15 is 0 Å². The highest BCUT2D eigenvalue weighted by Gasteiger charge is 2.30. The van der Waals surface area contributed by atoms with Gasteiger partial charge in [0.25, 0.3) is 0 Å². The van der Waals surface area contributed by atoms with Crippen LogP contribution in [0.2, 0.25) is 0 Å². The lowest BCUT2D eigenvalue weighted by molar-refractivity contribution is -0.137. The number of rotatable bonds is 1. The van der Waals surface area contributed by atoms with E-state index in [2.05, 4.69) is 0 Å². The number of benzene rings is 1. The molecule has 0 aromatic heterocycles. The van der Waals surface area contributed by atoms with Gasteiger partial charge in [0.15, 0.2) is 0 Å². The molecule has 2 rings (SSSR count). The quantitative estimate of drug-likeness (QED) is 0.710. The molecule has 4 heteroatoms. The molecule has 0 unspecified atom stereocenters. The third-order valence-electron chi connectivity index (χ3n) is 3.44. The van der Waals surface area contributed by atoms with Crippen molar-refractivity contribution in [3.63, 3.8) is 0 Å². The number of nitrogens with one attached hydrogen (secondary N) is 1. The molecule has 1 aromatic carbocycles. The van der Waals surface area contributed by atoms with Crippen molar-refractivity contribution in [2.75, 3.05) is 0 Å². The Morgan fingerprint density at radius 2 is 1.47 bits per heavy atom. The van der Waals surface area contributed by atoms with Crippen LogP contribution in [0.25, 0.3) is 0 Å². The van der Waals surface area contributed by atoms with Gasteiger partial charge in [-0.25, -0.2) is 0 Å². The first-order valence-corrected chi connectivity index (χ1v) is 5.85. The molecule has 0 aliphatic heterocycles. The Kier molecular flexibility index (Phi) is 3.43. The van der Waals surface area contributed by atoms with Crippen LogP contribution >= 0.6 is 0 Å². The molecule has 1 aliphatic rings. The second-order valence-electron chi connectivity index (χ2n) is 4.67. The maximum atomic E-state index is 12.4. The normalized spacial score (nSPS) is 25.9. The van der Waals surface area contributed by atoms with Gasteiger partial charge < -0.3 is 0 Å². The van der Waals surface area contributed by atoms with E-state index in [9.17, 15) is 13.2 Å². The van der Waals surface area contributed by atoms with Crippen molar-refractivity contribution in [1.29, 1.82) is 0 Å². The summed E-state index contributed by atoms with van der Waals surface area (Å²) in [5.74, 6) is 0.332. The van der Waals surface area contributed by atoms with Crippen LogP contribution in [0.4, 0.5) is 13.2 Å². The Hall–Kier alpha value is -1.03. The summed E-state index contributed by atoms with van der Waals surface area (Å²) in [4.78, 5) is 0. The summed E-state index contributed by atoms with van der Waals surface area (Å²) in [6, 6.07) is 5.49. The zero-order valence-electron chi connectivity index (χ0n) is 9.43. The van der Waals surface area contributed by atoms with Gasteiger partial charge in [-0.05, 0) is 49.3 Å². The first-order chi connectivity index (χ1) is 7.97. The highest BCUT2D eigenvalue weighted by Crippen LogP contribution is 2.35. The van der Waals surface area contributed by atoms with Gasteiger partial charge >= 0.3 is 6.18 Å².